The SMILES string of the molecule is COc1ccc(-c2oc3cc(OCc4ccccc4)cc(OC)c3c(=O)c2-c2cc(OC)ccc2C(=O)O)cc1. The van der Waals surface area contributed by atoms with Crippen molar-refractivity contribution in [2.75, 3.05) is 21.3 Å². The van der Waals surface area contributed by atoms with E-state index in [2.05, 4.69) is 0 Å². The van der Waals surface area contributed by atoms with Crippen LogP contribution in [0.2, 0.25) is 0 Å². The minimum absolute atomic E-state index is 0.0604. The van der Waals surface area contributed by atoms with Crippen molar-refractivity contribution in [3.8, 4) is 45.4 Å². The van der Waals surface area contributed by atoms with Crippen LogP contribution < -0.4 is 24.4 Å². The van der Waals surface area contributed by atoms with Gasteiger partial charge in [-0.2, -0.15) is 0 Å². The molecule has 0 spiro atoms. The van der Waals surface area contributed by atoms with Gasteiger partial charge in [0, 0.05) is 23.3 Å². The van der Waals surface area contributed by atoms with Gasteiger partial charge in [-0.05, 0) is 48.0 Å². The van der Waals surface area contributed by atoms with Gasteiger partial charge in [-0.25, -0.2) is 4.79 Å². The molecule has 5 aromatic rings. The van der Waals surface area contributed by atoms with Gasteiger partial charge < -0.3 is 28.5 Å². The molecule has 0 saturated carbocycles. The first-order valence-electron chi connectivity index (χ1n) is 12.3. The average molecular weight is 539 g/mol. The maximum Gasteiger partial charge on any atom is 0.336 e. The second kappa shape index (κ2) is 11.2. The molecule has 0 atom stereocenters. The molecule has 8 heteroatoms. The van der Waals surface area contributed by atoms with Gasteiger partial charge in [0.2, 0.25) is 5.43 Å². The van der Waals surface area contributed by atoms with E-state index in [0.29, 0.717) is 29.4 Å². The quantitative estimate of drug-likeness (QED) is 0.229. The molecule has 0 amide bonds. The Hall–Kier alpha value is -5.24. The molecular formula is C32H26O8. The number of rotatable bonds is 9. The highest BCUT2D eigenvalue weighted by Crippen LogP contribution is 2.39. The zero-order valence-electron chi connectivity index (χ0n) is 22.1. The van der Waals surface area contributed by atoms with Crippen molar-refractivity contribution in [1.29, 1.82) is 0 Å². The molecule has 0 unspecified atom stereocenters. The van der Waals surface area contributed by atoms with Gasteiger partial charge in [0.1, 0.15) is 46.3 Å². The van der Waals surface area contributed by atoms with Crippen molar-refractivity contribution in [2.45, 2.75) is 6.61 Å². The first kappa shape index (κ1) is 26.4. The van der Waals surface area contributed by atoms with Gasteiger partial charge in [0.25, 0.3) is 0 Å². The van der Waals surface area contributed by atoms with E-state index >= 15 is 0 Å². The molecule has 0 aliphatic rings. The number of carbonyl (C=O) groups is 1. The standard InChI is InChI=1S/C32H26O8/c1-36-21-11-9-20(10-12-21)31-28(25-15-22(37-2)13-14-24(25)32(34)35)30(33)29-26(38-3)16-23(17-27(29)40-31)39-18-19-7-5-4-6-8-19/h4-17H,18H2,1-3H3,(H,34,35). The lowest BCUT2D eigenvalue weighted by Crippen LogP contribution is -2.12. The van der Waals surface area contributed by atoms with E-state index in [-0.39, 0.29) is 39.2 Å². The minimum Gasteiger partial charge on any atom is -0.497 e. The van der Waals surface area contributed by atoms with E-state index in [1.807, 2.05) is 30.3 Å². The minimum atomic E-state index is -1.20. The fourth-order valence-electron chi connectivity index (χ4n) is 4.48. The molecular weight excluding hydrogens is 512 g/mol. The van der Waals surface area contributed by atoms with Crippen LogP contribution in [0, 0.1) is 0 Å². The predicted octanol–water partition coefficient (Wildman–Crippen LogP) is 6.43. The maximum atomic E-state index is 14.3. The van der Waals surface area contributed by atoms with Crippen molar-refractivity contribution in [3.05, 3.63) is 106 Å². The van der Waals surface area contributed by atoms with Gasteiger partial charge in [-0.1, -0.05) is 30.3 Å². The summed E-state index contributed by atoms with van der Waals surface area (Å²) in [6.45, 7) is 0.301. The van der Waals surface area contributed by atoms with E-state index < -0.39 is 11.4 Å². The Morgan fingerprint density at radius 1 is 0.800 bits per heavy atom. The molecule has 0 saturated heterocycles. The number of hydrogen-bond donors (Lipinski definition) is 1. The summed E-state index contributed by atoms with van der Waals surface area (Å²) >= 11 is 0. The highest BCUT2D eigenvalue weighted by atomic mass is 16.5. The second-order valence-corrected chi connectivity index (χ2v) is 8.85. The molecule has 202 valence electrons. The van der Waals surface area contributed by atoms with E-state index in [0.717, 1.165) is 5.56 Å². The molecule has 1 N–H and O–H groups in total. The Balaban J connectivity index is 1.78. The van der Waals surface area contributed by atoms with Gasteiger partial charge in [-0.3, -0.25) is 4.79 Å². The normalized spacial score (nSPS) is 10.8. The molecule has 8 nitrogen and oxygen atoms in total. The Labute approximate surface area is 229 Å². The van der Waals surface area contributed by atoms with E-state index in [4.69, 9.17) is 23.4 Å². The van der Waals surface area contributed by atoms with Crippen LogP contribution in [0.1, 0.15) is 15.9 Å². The maximum absolute atomic E-state index is 14.3. The number of methoxy groups -OCH3 is 3. The van der Waals surface area contributed by atoms with Crippen LogP contribution in [0.5, 0.6) is 23.0 Å². The number of hydrogen-bond acceptors (Lipinski definition) is 7. The fraction of sp³-hybridized carbons (Fsp3) is 0.125. The van der Waals surface area contributed by atoms with Crippen LogP contribution in [-0.4, -0.2) is 32.4 Å². The van der Waals surface area contributed by atoms with Gasteiger partial charge >= 0.3 is 5.97 Å². The summed E-state index contributed by atoms with van der Waals surface area (Å²) in [5.74, 6) is 0.651. The summed E-state index contributed by atoms with van der Waals surface area (Å²) in [6.07, 6.45) is 0. The first-order valence-corrected chi connectivity index (χ1v) is 12.3. The van der Waals surface area contributed by atoms with Crippen molar-refractivity contribution < 1.29 is 33.3 Å². The lowest BCUT2D eigenvalue weighted by molar-refractivity contribution is 0.0697. The fourth-order valence-corrected chi connectivity index (χ4v) is 4.48. The third-order valence-electron chi connectivity index (χ3n) is 6.48. The Bertz CT molecular complexity index is 1740. The highest BCUT2D eigenvalue weighted by molar-refractivity contribution is 6.01. The summed E-state index contributed by atoms with van der Waals surface area (Å²) in [6, 6.07) is 24.3. The van der Waals surface area contributed by atoms with E-state index in [1.54, 1.807) is 43.5 Å². The molecule has 0 aliphatic carbocycles. The molecule has 40 heavy (non-hydrogen) atoms. The Morgan fingerprint density at radius 3 is 2.15 bits per heavy atom. The Morgan fingerprint density at radius 2 is 1.50 bits per heavy atom. The summed E-state index contributed by atoms with van der Waals surface area (Å²) in [5, 5.41) is 10.1. The number of benzene rings is 4. The largest absolute Gasteiger partial charge is 0.497 e. The van der Waals surface area contributed by atoms with Crippen LogP contribution in [0.4, 0.5) is 0 Å². The lowest BCUT2D eigenvalue weighted by Gasteiger charge is -2.16. The topological polar surface area (TPSA) is 104 Å². The van der Waals surface area contributed by atoms with Crippen LogP contribution in [0.25, 0.3) is 33.4 Å². The summed E-state index contributed by atoms with van der Waals surface area (Å²) in [5.41, 5.74) is 1.41. The number of ether oxygens (including phenoxy) is 4. The number of fused-ring (bicyclic) bond motifs is 1. The van der Waals surface area contributed by atoms with Crippen LogP contribution in [0.15, 0.2) is 94.1 Å². The van der Waals surface area contributed by atoms with Crippen molar-refractivity contribution in [1.82, 2.24) is 0 Å². The van der Waals surface area contributed by atoms with Crippen LogP contribution >= 0.6 is 0 Å². The molecule has 1 heterocycles. The predicted molar refractivity (Wildman–Crippen MR) is 151 cm³/mol. The van der Waals surface area contributed by atoms with Crippen LogP contribution in [0.3, 0.4) is 0 Å². The molecule has 5 rings (SSSR count). The molecule has 4 aromatic carbocycles. The van der Waals surface area contributed by atoms with Crippen molar-refractivity contribution in [2.24, 2.45) is 0 Å². The summed E-state index contributed by atoms with van der Waals surface area (Å²) in [4.78, 5) is 26.5. The molecule has 0 bridgehead atoms. The molecule has 0 aliphatic heterocycles. The average Bonchev–Trinajstić information content (AvgIpc) is 2.99. The smallest absolute Gasteiger partial charge is 0.336 e. The first-order chi connectivity index (χ1) is 19.4. The van der Waals surface area contributed by atoms with E-state index in [1.165, 1.54) is 32.4 Å². The number of carboxylic acid groups (broad SMARTS) is 1. The number of carboxylic acids is 1. The number of aromatic carboxylic acids is 1. The van der Waals surface area contributed by atoms with Crippen LogP contribution in [-0.2, 0) is 6.61 Å². The van der Waals surface area contributed by atoms with Crippen molar-refractivity contribution >= 4 is 16.9 Å². The van der Waals surface area contributed by atoms with E-state index in [9.17, 15) is 14.7 Å². The monoisotopic (exact) mass is 538 g/mol. The second-order valence-electron chi connectivity index (χ2n) is 8.85. The van der Waals surface area contributed by atoms with Gasteiger partial charge in [0.15, 0.2) is 0 Å². The third kappa shape index (κ3) is 5.07. The van der Waals surface area contributed by atoms with Crippen molar-refractivity contribution in [3.63, 3.8) is 0 Å². The highest BCUT2D eigenvalue weighted by Gasteiger charge is 2.25. The third-order valence-corrected chi connectivity index (χ3v) is 6.48. The zero-order valence-corrected chi connectivity index (χ0v) is 22.1. The molecule has 0 fully saturated rings. The summed E-state index contributed by atoms with van der Waals surface area (Å²) in [7, 11) is 4.46. The van der Waals surface area contributed by atoms with Gasteiger partial charge in [0.05, 0.1) is 32.5 Å². The van der Waals surface area contributed by atoms with Gasteiger partial charge in [-0.15, -0.1) is 0 Å². The molecule has 0 radical (unpaired) electrons. The zero-order chi connectivity index (χ0) is 28.2. The molecule has 1 aromatic heterocycles. The summed E-state index contributed by atoms with van der Waals surface area (Å²) < 4.78 is 28.6. The Kier molecular flexibility index (Phi) is 7.41. The lowest BCUT2D eigenvalue weighted by atomic mass is 9.94.